The molecule has 0 spiro atoms. The van der Waals surface area contributed by atoms with Crippen LogP contribution in [-0.4, -0.2) is 23.5 Å². The van der Waals surface area contributed by atoms with Gasteiger partial charge in [-0.2, -0.15) is 5.26 Å². The number of esters is 1. The van der Waals surface area contributed by atoms with E-state index < -0.39 is 5.97 Å². The van der Waals surface area contributed by atoms with Crippen LogP contribution in [0.15, 0.2) is 41.0 Å². The van der Waals surface area contributed by atoms with Crippen LogP contribution >= 0.6 is 0 Å². The van der Waals surface area contributed by atoms with Gasteiger partial charge in [0.15, 0.2) is 5.70 Å². The second-order valence-electron chi connectivity index (χ2n) is 5.31. The summed E-state index contributed by atoms with van der Waals surface area (Å²) < 4.78 is 12.2. The van der Waals surface area contributed by atoms with Gasteiger partial charge in [-0.1, -0.05) is 6.07 Å². The summed E-state index contributed by atoms with van der Waals surface area (Å²) >= 11 is 0. The van der Waals surface area contributed by atoms with E-state index in [0.29, 0.717) is 17.0 Å². The molecule has 0 fully saturated rings. The topological polar surface area (TPSA) is 76.6 Å². The quantitative estimate of drug-likeness (QED) is 0.643. The molecular formula is C18H15N3O3. The van der Waals surface area contributed by atoms with Crippen molar-refractivity contribution in [3.63, 3.8) is 0 Å². The number of rotatable bonds is 3. The zero-order valence-corrected chi connectivity index (χ0v) is 13.5. The number of nitriles is 1. The predicted octanol–water partition coefficient (Wildman–Crippen LogP) is 2.56. The molecule has 1 aliphatic rings. The van der Waals surface area contributed by atoms with E-state index in [9.17, 15) is 4.79 Å². The molecule has 0 bridgehead atoms. The van der Waals surface area contributed by atoms with Gasteiger partial charge in [0.1, 0.15) is 17.5 Å². The largest absolute Gasteiger partial charge is 0.497 e. The van der Waals surface area contributed by atoms with Crippen molar-refractivity contribution in [1.29, 1.82) is 5.26 Å². The molecule has 3 rings (SSSR count). The van der Waals surface area contributed by atoms with Crippen molar-refractivity contribution >= 4 is 17.9 Å². The van der Waals surface area contributed by atoms with E-state index in [1.54, 1.807) is 55.1 Å². The molecular weight excluding hydrogens is 306 g/mol. The Morgan fingerprint density at radius 1 is 1.38 bits per heavy atom. The molecule has 2 aromatic rings. The number of nitrogens with zero attached hydrogens (tertiary/aromatic N) is 3. The van der Waals surface area contributed by atoms with Crippen LogP contribution in [0.3, 0.4) is 0 Å². The molecule has 0 atom stereocenters. The highest BCUT2D eigenvalue weighted by Crippen LogP contribution is 2.23. The predicted molar refractivity (Wildman–Crippen MR) is 88.5 cm³/mol. The Morgan fingerprint density at radius 3 is 2.83 bits per heavy atom. The van der Waals surface area contributed by atoms with Crippen molar-refractivity contribution in [2.45, 2.75) is 6.92 Å². The van der Waals surface area contributed by atoms with Gasteiger partial charge in [0.25, 0.3) is 0 Å². The van der Waals surface area contributed by atoms with Crippen LogP contribution in [0, 0.1) is 18.3 Å². The van der Waals surface area contributed by atoms with Crippen molar-refractivity contribution < 1.29 is 14.3 Å². The Morgan fingerprint density at radius 2 is 2.17 bits per heavy atom. The minimum absolute atomic E-state index is 0.200. The first-order valence-electron chi connectivity index (χ1n) is 7.27. The van der Waals surface area contributed by atoms with Gasteiger partial charge < -0.3 is 14.0 Å². The Bertz CT molecular complexity index is 929. The summed E-state index contributed by atoms with van der Waals surface area (Å²) in [4.78, 5) is 16.4. The maximum atomic E-state index is 12.1. The lowest BCUT2D eigenvalue weighted by molar-refractivity contribution is -0.129. The first kappa shape index (κ1) is 15.6. The number of hydrogen-bond acceptors (Lipinski definition) is 5. The maximum absolute atomic E-state index is 12.1. The van der Waals surface area contributed by atoms with Crippen molar-refractivity contribution in [1.82, 2.24) is 4.57 Å². The van der Waals surface area contributed by atoms with E-state index in [0.717, 1.165) is 11.3 Å². The minimum Gasteiger partial charge on any atom is -0.497 e. The molecule has 0 saturated heterocycles. The van der Waals surface area contributed by atoms with Crippen LogP contribution in [0.2, 0.25) is 0 Å². The summed E-state index contributed by atoms with van der Waals surface area (Å²) in [5.74, 6) is 0.370. The number of aromatic nitrogens is 1. The average molecular weight is 321 g/mol. The summed E-state index contributed by atoms with van der Waals surface area (Å²) in [5.41, 5.74) is 3.01. The number of ether oxygens (including phenoxy) is 2. The summed E-state index contributed by atoms with van der Waals surface area (Å²) in [6.45, 7) is 1.88. The Kier molecular flexibility index (Phi) is 3.92. The van der Waals surface area contributed by atoms with Crippen LogP contribution in [0.25, 0.3) is 6.08 Å². The van der Waals surface area contributed by atoms with Gasteiger partial charge in [-0.05, 0) is 42.8 Å². The Labute approximate surface area is 139 Å². The molecule has 24 heavy (non-hydrogen) atoms. The van der Waals surface area contributed by atoms with E-state index in [4.69, 9.17) is 14.7 Å². The van der Waals surface area contributed by atoms with Gasteiger partial charge in [-0.15, -0.1) is 0 Å². The van der Waals surface area contributed by atoms with Crippen molar-refractivity contribution in [2.24, 2.45) is 12.0 Å². The van der Waals surface area contributed by atoms with Crippen LogP contribution in [0.4, 0.5) is 0 Å². The lowest BCUT2D eigenvalue weighted by Crippen LogP contribution is -2.05. The van der Waals surface area contributed by atoms with Gasteiger partial charge >= 0.3 is 5.97 Å². The molecule has 1 aromatic carbocycles. The molecule has 0 aliphatic carbocycles. The maximum Gasteiger partial charge on any atom is 0.363 e. The number of carbonyl (C=O) groups excluding carboxylic acids is 1. The highest BCUT2D eigenvalue weighted by atomic mass is 16.6. The van der Waals surface area contributed by atoms with Gasteiger partial charge in [-0.25, -0.2) is 9.79 Å². The summed E-state index contributed by atoms with van der Waals surface area (Å²) in [6.07, 6.45) is 1.63. The van der Waals surface area contributed by atoms with Crippen LogP contribution in [-0.2, 0) is 16.6 Å². The molecule has 1 aromatic heterocycles. The summed E-state index contributed by atoms with van der Waals surface area (Å²) in [7, 11) is 3.37. The first-order chi connectivity index (χ1) is 11.5. The smallest absolute Gasteiger partial charge is 0.363 e. The monoisotopic (exact) mass is 321 g/mol. The highest BCUT2D eigenvalue weighted by Gasteiger charge is 2.25. The van der Waals surface area contributed by atoms with Crippen molar-refractivity contribution in [3.8, 4) is 11.8 Å². The standard InChI is InChI=1S/C18H15N3O3/c1-11-13(7-14(10-19)21(11)2)9-16-18(22)24-17(20-16)12-5-4-6-15(8-12)23-3/h4-9H,1-3H3/b16-9-. The first-order valence-corrected chi connectivity index (χ1v) is 7.27. The van der Waals surface area contributed by atoms with Gasteiger partial charge in [0.05, 0.1) is 7.11 Å². The number of hydrogen-bond donors (Lipinski definition) is 0. The zero-order valence-electron chi connectivity index (χ0n) is 13.5. The van der Waals surface area contributed by atoms with Crippen LogP contribution in [0.1, 0.15) is 22.5 Å². The molecule has 0 amide bonds. The summed E-state index contributed by atoms with van der Waals surface area (Å²) in [5, 5.41) is 9.09. The van der Waals surface area contributed by atoms with Crippen molar-refractivity contribution in [2.75, 3.05) is 7.11 Å². The van der Waals surface area contributed by atoms with Crippen LogP contribution in [0.5, 0.6) is 5.75 Å². The number of cyclic esters (lactones) is 1. The third kappa shape index (κ3) is 2.68. The molecule has 0 radical (unpaired) electrons. The second-order valence-corrected chi connectivity index (χ2v) is 5.31. The van der Waals surface area contributed by atoms with Gasteiger partial charge in [0, 0.05) is 18.3 Å². The van der Waals surface area contributed by atoms with Crippen molar-refractivity contribution in [3.05, 3.63) is 58.5 Å². The third-order valence-electron chi connectivity index (χ3n) is 3.92. The summed E-state index contributed by atoms with van der Waals surface area (Å²) in [6, 6.07) is 11.0. The molecule has 0 saturated carbocycles. The molecule has 0 unspecified atom stereocenters. The number of aliphatic imine (C=N–C) groups is 1. The lowest BCUT2D eigenvalue weighted by Gasteiger charge is -2.02. The minimum atomic E-state index is -0.519. The third-order valence-corrected chi connectivity index (χ3v) is 3.92. The average Bonchev–Trinajstić information content (AvgIpc) is 3.10. The van der Waals surface area contributed by atoms with E-state index in [-0.39, 0.29) is 11.6 Å². The number of benzene rings is 1. The lowest BCUT2D eigenvalue weighted by atomic mass is 10.2. The SMILES string of the molecule is COc1cccc(C2=N/C(=C\c3cc(C#N)n(C)c3C)C(=O)O2)c1. The molecule has 6 nitrogen and oxygen atoms in total. The van der Waals surface area contributed by atoms with E-state index in [1.165, 1.54) is 0 Å². The van der Waals surface area contributed by atoms with Gasteiger partial charge in [-0.3, -0.25) is 0 Å². The molecule has 0 N–H and O–H groups in total. The fraction of sp³-hybridized carbons (Fsp3) is 0.167. The highest BCUT2D eigenvalue weighted by molar-refractivity contribution is 6.13. The fourth-order valence-electron chi connectivity index (χ4n) is 2.41. The van der Waals surface area contributed by atoms with Gasteiger partial charge in [0.2, 0.25) is 5.90 Å². The van der Waals surface area contributed by atoms with Crippen LogP contribution < -0.4 is 4.74 Å². The number of carbonyl (C=O) groups is 1. The fourth-order valence-corrected chi connectivity index (χ4v) is 2.41. The molecule has 120 valence electrons. The molecule has 6 heteroatoms. The number of methoxy groups -OCH3 is 1. The van der Waals surface area contributed by atoms with E-state index in [1.807, 2.05) is 6.92 Å². The van der Waals surface area contributed by atoms with E-state index in [2.05, 4.69) is 11.1 Å². The Balaban J connectivity index is 1.99. The Hall–Kier alpha value is -3.33. The molecule has 1 aliphatic heterocycles. The molecule has 2 heterocycles. The normalized spacial score (nSPS) is 15.2. The van der Waals surface area contributed by atoms with E-state index >= 15 is 0 Å². The second kappa shape index (κ2) is 6.05. The zero-order chi connectivity index (χ0) is 17.3.